The molecule has 18 heteroatoms. The zero-order valence-corrected chi connectivity index (χ0v) is 32.1. The zero-order chi connectivity index (χ0) is 38.6. The number of benzene rings is 2. The number of hydrogen-bond donors (Lipinski definition) is 1. The Morgan fingerprint density at radius 1 is 0.981 bits per heavy atom. The average Bonchev–Trinajstić information content (AvgIpc) is 3.10. The third-order valence-electron chi connectivity index (χ3n) is 8.13. The van der Waals surface area contributed by atoms with Crippen molar-refractivity contribution in [3.63, 3.8) is 0 Å². The van der Waals surface area contributed by atoms with Crippen LogP contribution in [0.1, 0.15) is 36.8 Å². The molecule has 2 amide bonds. The van der Waals surface area contributed by atoms with Gasteiger partial charge in [0.2, 0.25) is 31.9 Å². The van der Waals surface area contributed by atoms with Crippen molar-refractivity contribution >= 4 is 49.4 Å². The van der Waals surface area contributed by atoms with E-state index >= 15 is 0 Å². The number of aromatic nitrogens is 2. The SMILES string of the molecule is Cc1cc(OCC#CCNC(=O)OC(C)(C)C)nc(N2CCN(S(=O)(=O)c3ccc4c(c3)OCCN4C(=O)c3ccccc3N(C)S(C)(=O)=O)CC2)n1. The van der Waals surface area contributed by atoms with Crippen molar-refractivity contribution < 1.29 is 40.6 Å². The fourth-order valence-electron chi connectivity index (χ4n) is 5.50. The molecule has 3 aromatic rings. The van der Waals surface area contributed by atoms with Gasteiger partial charge < -0.3 is 29.3 Å². The monoisotopic (exact) mass is 769 g/mol. The van der Waals surface area contributed by atoms with Crippen LogP contribution < -0.4 is 28.9 Å². The van der Waals surface area contributed by atoms with Crippen molar-refractivity contribution in [3.8, 4) is 23.5 Å². The summed E-state index contributed by atoms with van der Waals surface area (Å²) in [5.41, 5.74) is 0.833. The number of alkyl carbamates (subject to hydrolysis) is 1. The molecule has 16 nitrogen and oxygen atoms in total. The molecule has 284 valence electrons. The summed E-state index contributed by atoms with van der Waals surface area (Å²) in [6.45, 7) is 8.52. The second kappa shape index (κ2) is 15.9. The van der Waals surface area contributed by atoms with Crippen LogP contribution in [0.15, 0.2) is 53.4 Å². The quantitative estimate of drug-likeness (QED) is 0.315. The summed E-state index contributed by atoms with van der Waals surface area (Å²) >= 11 is 0. The lowest BCUT2D eigenvalue weighted by Crippen LogP contribution is -2.49. The standard InChI is InChI=1S/C35H43N7O9S2/c1-25-23-31(50-21-10-9-15-36-34(44)51-35(2,3)4)38-33(37-25)40-16-18-41(19-17-40)53(47,48)26-13-14-29-30(24-26)49-22-20-42(29)32(43)27-11-7-8-12-28(27)39(5)52(6,45)46/h7-8,11-14,23-24H,15-22H2,1-6H3,(H,36,44). The number of carbonyl (C=O) groups is 2. The highest BCUT2D eigenvalue weighted by Gasteiger charge is 2.33. The maximum Gasteiger partial charge on any atom is 0.408 e. The molecule has 2 aliphatic rings. The van der Waals surface area contributed by atoms with E-state index in [2.05, 4.69) is 27.1 Å². The zero-order valence-electron chi connectivity index (χ0n) is 30.4. The van der Waals surface area contributed by atoms with Crippen molar-refractivity contribution in [1.29, 1.82) is 0 Å². The Labute approximate surface area is 310 Å². The Bertz CT molecular complexity index is 2140. The molecule has 2 aromatic carbocycles. The molecule has 1 saturated heterocycles. The van der Waals surface area contributed by atoms with Crippen LogP contribution in [0.3, 0.4) is 0 Å². The fraction of sp³-hybridized carbons (Fsp3) is 0.429. The highest BCUT2D eigenvalue weighted by molar-refractivity contribution is 7.92. The van der Waals surface area contributed by atoms with Gasteiger partial charge in [0.05, 0.1) is 41.2 Å². The van der Waals surface area contributed by atoms with Gasteiger partial charge in [-0.05, 0) is 52.0 Å². The van der Waals surface area contributed by atoms with Crippen LogP contribution in [0.4, 0.5) is 22.1 Å². The number of hydrogen-bond acceptors (Lipinski definition) is 12. The smallest absolute Gasteiger partial charge is 0.408 e. The number of para-hydroxylation sites is 1. The van der Waals surface area contributed by atoms with Crippen LogP contribution in [0.25, 0.3) is 0 Å². The van der Waals surface area contributed by atoms with E-state index in [1.165, 1.54) is 34.5 Å². The molecule has 0 saturated carbocycles. The number of nitrogens with one attached hydrogen (secondary N) is 1. The van der Waals surface area contributed by atoms with Crippen LogP contribution in [-0.4, -0.2) is 114 Å². The van der Waals surface area contributed by atoms with E-state index < -0.39 is 37.6 Å². The van der Waals surface area contributed by atoms with E-state index in [-0.39, 0.29) is 61.3 Å². The third kappa shape index (κ3) is 9.66. The molecule has 0 radical (unpaired) electrons. The van der Waals surface area contributed by atoms with Crippen molar-refractivity contribution in [2.24, 2.45) is 0 Å². The summed E-state index contributed by atoms with van der Waals surface area (Å²) < 4.78 is 71.2. The van der Waals surface area contributed by atoms with Crippen LogP contribution in [0.2, 0.25) is 0 Å². The van der Waals surface area contributed by atoms with Gasteiger partial charge in [-0.3, -0.25) is 9.10 Å². The first-order chi connectivity index (χ1) is 24.9. The molecule has 53 heavy (non-hydrogen) atoms. The summed E-state index contributed by atoms with van der Waals surface area (Å²) in [6.07, 6.45) is 0.495. The molecule has 0 aliphatic carbocycles. The lowest BCUT2D eigenvalue weighted by molar-refractivity contribution is 0.0534. The number of ether oxygens (including phenoxy) is 3. The number of amides is 2. The van der Waals surface area contributed by atoms with Gasteiger partial charge in [0.1, 0.15) is 18.0 Å². The van der Waals surface area contributed by atoms with E-state index in [9.17, 15) is 26.4 Å². The predicted molar refractivity (Wildman–Crippen MR) is 199 cm³/mol. The molecule has 0 bridgehead atoms. The first-order valence-electron chi connectivity index (χ1n) is 16.7. The number of aryl methyl sites for hydroxylation is 1. The van der Waals surface area contributed by atoms with E-state index in [4.69, 9.17) is 14.2 Å². The molecule has 2 aliphatic heterocycles. The van der Waals surface area contributed by atoms with E-state index in [1.807, 2.05) is 4.90 Å². The van der Waals surface area contributed by atoms with Crippen molar-refractivity contribution in [2.45, 2.75) is 38.2 Å². The normalized spacial score (nSPS) is 15.0. The number of rotatable bonds is 9. The van der Waals surface area contributed by atoms with Crippen molar-refractivity contribution in [1.82, 2.24) is 19.6 Å². The molecule has 0 spiro atoms. The molecule has 1 fully saturated rings. The van der Waals surface area contributed by atoms with Gasteiger partial charge >= 0.3 is 6.09 Å². The summed E-state index contributed by atoms with van der Waals surface area (Å²) in [5, 5.41) is 2.55. The van der Waals surface area contributed by atoms with E-state index in [1.54, 1.807) is 58.0 Å². The highest BCUT2D eigenvalue weighted by atomic mass is 32.2. The Kier molecular flexibility index (Phi) is 11.7. The Morgan fingerprint density at radius 2 is 1.70 bits per heavy atom. The number of nitrogens with zero attached hydrogens (tertiary/aromatic N) is 6. The van der Waals surface area contributed by atoms with Crippen molar-refractivity contribution in [3.05, 3.63) is 59.8 Å². The van der Waals surface area contributed by atoms with Gasteiger partial charge in [-0.25, -0.2) is 26.6 Å². The van der Waals surface area contributed by atoms with Gasteiger partial charge in [0, 0.05) is 51.1 Å². The lowest BCUT2D eigenvalue weighted by Gasteiger charge is -2.34. The maximum absolute atomic E-state index is 13.8. The minimum atomic E-state index is -3.94. The number of anilines is 3. The fourth-order valence-corrected chi connectivity index (χ4v) is 7.45. The van der Waals surface area contributed by atoms with Gasteiger partial charge in [-0.1, -0.05) is 24.0 Å². The average molecular weight is 770 g/mol. The first kappa shape index (κ1) is 39.1. The summed E-state index contributed by atoms with van der Waals surface area (Å²) in [6, 6.07) is 12.4. The summed E-state index contributed by atoms with van der Waals surface area (Å²) in [4.78, 5) is 37.8. The Morgan fingerprint density at radius 3 is 2.40 bits per heavy atom. The number of sulfonamides is 2. The molecule has 3 heterocycles. The molecule has 5 rings (SSSR count). The van der Waals surface area contributed by atoms with Gasteiger partial charge in [-0.2, -0.15) is 9.29 Å². The van der Waals surface area contributed by atoms with E-state index in [0.717, 1.165) is 10.6 Å². The van der Waals surface area contributed by atoms with Crippen LogP contribution in [0.5, 0.6) is 11.6 Å². The molecular weight excluding hydrogens is 727 g/mol. The van der Waals surface area contributed by atoms with Gasteiger partial charge in [0.25, 0.3) is 5.91 Å². The van der Waals surface area contributed by atoms with Crippen molar-refractivity contribution in [2.75, 3.05) is 79.9 Å². The molecule has 1 N–H and O–H groups in total. The van der Waals surface area contributed by atoms with Crippen LogP contribution in [0, 0.1) is 18.8 Å². The van der Waals surface area contributed by atoms with Crippen LogP contribution >= 0.6 is 0 Å². The third-order valence-corrected chi connectivity index (χ3v) is 11.2. The number of carbonyl (C=O) groups excluding carboxylic acids is 2. The summed E-state index contributed by atoms with van der Waals surface area (Å²) in [7, 11) is -6.20. The highest BCUT2D eigenvalue weighted by Crippen LogP contribution is 2.37. The topological polar surface area (TPSA) is 181 Å². The largest absolute Gasteiger partial charge is 0.489 e. The second-order valence-electron chi connectivity index (χ2n) is 13.2. The minimum absolute atomic E-state index is 0.0149. The maximum atomic E-state index is 13.8. The van der Waals surface area contributed by atoms with E-state index in [0.29, 0.717) is 36.3 Å². The van der Waals surface area contributed by atoms with Gasteiger partial charge in [0.15, 0.2) is 6.61 Å². The molecular formula is C35H43N7O9S2. The van der Waals surface area contributed by atoms with Crippen LogP contribution in [-0.2, 0) is 24.8 Å². The summed E-state index contributed by atoms with van der Waals surface area (Å²) in [5.74, 6) is 6.09. The predicted octanol–water partition coefficient (Wildman–Crippen LogP) is 2.64. The molecule has 0 atom stereocenters. The number of piperazine rings is 1. The Hall–Kier alpha value is -5.12. The van der Waals surface area contributed by atoms with Gasteiger partial charge in [-0.15, -0.1) is 0 Å². The first-order valence-corrected chi connectivity index (χ1v) is 20.0. The number of fused-ring (bicyclic) bond motifs is 1. The second-order valence-corrected chi connectivity index (χ2v) is 17.2. The lowest BCUT2D eigenvalue weighted by atomic mass is 10.1. The minimum Gasteiger partial charge on any atom is -0.489 e. The Balaban J connectivity index is 1.21. The molecule has 0 unspecified atom stereocenters. The molecule has 1 aromatic heterocycles.